The molecule has 114 valence electrons. The largest absolute Gasteiger partial charge is 0.489 e. The van der Waals surface area contributed by atoms with Crippen molar-refractivity contribution in [3.05, 3.63) is 65.7 Å². The molecule has 2 aromatic carbocycles. The highest BCUT2D eigenvalue weighted by Gasteiger charge is 2.03. The average molecular weight is 297 g/mol. The molecule has 6 heteroatoms. The molecule has 0 spiro atoms. The molecule has 0 unspecified atom stereocenters. The van der Waals surface area contributed by atoms with E-state index >= 15 is 0 Å². The Labute approximate surface area is 129 Å². The Bertz CT molecular complexity index is 646. The maximum atomic E-state index is 5.72. The van der Waals surface area contributed by atoms with Crippen LogP contribution in [0.3, 0.4) is 0 Å². The van der Waals surface area contributed by atoms with Gasteiger partial charge in [0.1, 0.15) is 12.4 Å². The zero-order valence-corrected chi connectivity index (χ0v) is 12.1. The lowest BCUT2D eigenvalue weighted by atomic mass is 10.1. The molecule has 0 radical (unpaired) electrons. The summed E-state index contributed by atoms with van der Waals surface area (Å²) < 4.78 is 5.72. The van der Waals surface area contributed by atoms with Crippen LogP contribution in [0.5, 0.6) is 5.75 Å². The van der Waals surface area contributed by atoms with E-state index in [2.05, 4.69) is 10.2 Å². The van der Waals surface area contributed by atoms with Crippen molar-refractivity contribution in [3.63, 3.8) is 0 Å². The Kier molecular flexibility index (Phi) is 5.50. The average Bonchev–Trinajstić information content (AvgIpc) is 2.55. The summed E-state index contributed by atoms with van der Waals surface area (Å²) in [6.45, 7) is 0.757. The zero-order chi connectivity index (χ0) is 15.8. The van der Waals surface area contributed by atoms with Crippen LogP contribution in [0.2, 0.25) is 0 Å². The molecule has 0 aliphatic carbocycles. The molecule has 2 aromatic rings. The van der Waals surface area contributed by atoms with Crippen molar-refractivity contribution >= 4 is 11.7 Å². The molecular weight excluding hydrogens is 278 g/mol. The molecule has 0 bridgehead atoms. The highest BCUT2D eigenvalue weighted by Crippen LogP contribution is 2.15. The number of ether oxygens (including phenoxy) is 1. The van der Waals surface area contributed by atoms with Crippen molar-refractivity contribution in [2.75, 3.05) is 6.54 Å². The van der Waals surface area contributed by atoms with Crippen molar-refractivity contribution in [1.82, 2.24) is 0 Å². The molecule has 0 aliphatic heterocycles. The van der Waals surface area contributed by atoms with Crippen molar-refractivity contribution in [2.24, 2.45) is 27.4 Å². The van der Waals surface area contributed by atoms with Gasteiger partial charge in [0.2, 0.25) is 5.96 Å². The van der Waals surface area contributed by atoms with Crippen molar-refractivity contribution in [2.45, 2.75) is 6.61 Å². The maximum absolute atomic E-state index is 5.72. The Morgan fingerprint density at radius 3 is 2.18 bits per heavy atom. The molecule has 0 saturated carbocycles. The number of hydrogen-bond acceptors (Lipinski definition) is 4. The van der Waals surface area contributed by atoms with Crippen LogP contribution < -0.4 is 21.9 Å². The molecular formula is C16H19N5O. The lowest BCUT2D eigenvalue weighted by Gasteiger charge is -2.07. The van der Waals surface area contributed by atoms with Gasteiger partial charge in [0.25, 0.3) is 0 Å². The predicted molar refractivity (Wildman–Crippen MR) is 88.6 cm³/mol. The molecule has 6 nitrogen and oxygen atoms in total. The third-order valence-electron chi connectivity index (χ3n) is 2.92. The first kappa shape index (κ1) is 15.5. The van der Waals surface area contributed by atoms with Gasteiger partial charge in [-0.2, -0.15) is 5.10 Å². The van der Waals surface area contributed by atoms with Gasteiger partial charge in [-0.15, -0.1) is 5.10 Å². The fourth-order valence-electron chi connectivity index (χ4n) is 1.82. The van der Waals surface area contributed by atoms with Crippen LogP contribution in [-0.2, 0) is 6.61 Å². The number of nitrogens with two attached hydrogens (primary N) is 3. The van der Waals surface area contributed by atoms with Crippen LogP contribution in [0.15, 0.2) is 64.8 Å². The first-order valence-electron chi connectivity index (χ1n) is 6.81. The number of guanidine groups is 1. The van der Waals surface area contributed by atoms with E-state index in [0.29, 0.717) is 12.3 Å². The smallest absolute Gasteiger partial charge is 0.211 e. The molecule has 0 aromatic heterocycles. The second-order valence-electron chi connectivity index (χ2n) is 4.57. The summed E-state index contributed by atoms with van der Waals surface area (Å²) in [5.74, 6) is 0.666. The van der Waals surface area contributed by atoms with Crippen LogP contribution in [0.1, 0.15) is 11.1 Å². The molecule has 0 saturated heterocycles. The van der Waals surface area contributed by atoms with Gasteiger partial charge >= 0.3 is 0 Å². The minimum atomic E-state index is -0.103. The standard InChI is InChI=1S/C16H19N5O/c17-10-15(20-21-16(18)19)13-6-8-14(9-7-13)22-11-12-4-2-1-3-5-12/h1-9H,10-11,17H2,(H4,18,19,21)/b20-15+. The summed E-state index contributed by atoms with van der Waals surface area (Å²) in [5, 5.41) is 7.54. The van der Waals surface area contributed by atoms with Crippen LogP contribution in [-0.4, -0.2) is 18.2 Å². The summed E-state index contributed by atoms with van der Waals surface area (Å²) in [7, 11) is 0. The Morgan fingerprint density at radius 2 is 1.59 bits per heavy atom. The van der Waals surface area contributed by atoms with Crippen LogP contribution in [0.4, 0.5) is 0 Å². The maximum Gasteiger partial charge on any atom is 0.211 e. The van der Waals surface area contributed by atoms with Gasteiger partial charge in [0, 0.05) is 6.54 Å². The van der Waals surface area contributed by atoms with Crippen LogP contribution >= 0.6 is 0 Å². The number of nitrogens with zero attached hydrogens (tertiary/aromatic N) is 2. The van der Waals surface area contributed by atoms with Gasteiger partial charge in [0.05, 0.1) is 5.71 Å². The number of hydrogen-bond donors (Lipinski definition) is 3. The SMILES string of the molecule is NC/C(=N\N=C(N)N)c1ccc(OCc2ccccc2)cc1. The minimum Gasteiger partial charge on any atom is -0.489 e. The summed E-state index contributed by atoms with van der Waals surface area (Å²) in [6.07, 6.45) is 0. The van der Waals surface area contributed by atoms with Gasteiger partial charge in [0.15, 0.2) is 0 Å². The third-order valence-corrected chi connectivity index (χ3v) is 2.92. The van der Waals surface area contributed by atoms with Crippen molar-refractivity contribution in [1.29, 1.82) is 0 Å². The molecule has 0 fully saturated rings. The number of rotatable bonds is 6. The van der Waals surface area contributed by atoms with Crippen molar-refractivity contribution in [3.8, 4) is 5.75 Å². The highest BCUT2D eigenvalue weighted by atomic mass is 16.5. The van der Waals surface area contributed by atoms with Gasteiger partial charge in [-0.1, -0.05) is 30.3 Å². The molecule has 6 N–H and O–H groups in total. The Hall–Kier alpha value is -2.86. The second-order valence-corrected chi connectivity index (χ2v) is 4.57. The fraction of sp³-hybridized carbons (Fsp3) is 0.125. The summed E-state index contributed by atoms with van der Waals surface area (Å²) in [6, 6.07) is 17.4. The first-order chi connectivity index (χ1) is 10.7. The minimum absolute atomic E-state index is 0.103. The van der Waals surface area contributed by atoms with E-state index in [0.717, 1.165) is 16.9 Å². The Morgan fingerprint density at radius 1 is 0.909 bits per heavy atom. The Balaban J connectivity index is 2.03. The van der Waals surface area contributed by atoms with Gasteiger partial charge in [-0.3, -0.25) is 0 Å². The predicted octanol–water partition coefficient (Wildman–Crippen LogP) is 1.20. The van der Waals surface area contributed by atoms with E-state index < -0.39 is 0 Å². The van der Waals surface area contributed by atoms with Gasteiger partial charge < -0.3 is 21.9 Å². The number of benzene rings is 2. The van der Waals surface area contributed by atoms with E-state index in [1.165, 1.54) is 0 Å². The van der Waals surface area contributed by atoms with Gasteiger partial charge in [-0.05, 0) is 35.4 Å². The third kappa shape index (κ3) is 4.60. The zero-order valence-electron chi connectivity index (χ0n) is 12.1. The highest BCUT2D eigenvalue weighted by molar-refractivity contribution is 6.02. The van der Waals surface area contributed by atoms with Crippen LogP contribution in [0.25, 0.3) is 0 Å². The lowest BCUT2D eigenvalue weighted by molar-refractivity contribution is 0.306. The van der Waals surface area contributed by atoms with E-state index in [1.54, 1.807) is 0 Å². The van der Waals surface area contributed by atoms with E-state index in [4.69, 9.17) is 21.9 Å². The fourth-order valence-corrected chi connectivity index (χ4v) is 1.82. The summed E-state index contributed by atoms with van der Waals surface area (Å²) in [4.78, 5) is 0. The molecule has 2 rings (SSSR count). The second kappa shape index (κ2) is 7.80. The summed E-state index contributed by atoms with van der Waals surface area (Å²) >= 11 is 0. The van der Waals surface area contributed by atoms with E-state index in [1.807, 2.05) is 54.6 Å². The quantitative estimate of drug-likeness (QED) is 0.422. The van der Waals surface area contributed by atoms with E-state index in [9.17, 15) is 0 Å². The molecule has 0 atom stereocenters. The van der Waals surface area contributed by atoms with Gasteiger partial charge in [-0.25, -0.2) is 0 Å². The van der Waals surface area contributed by atoms with E-state index in [-0.39, 0.29) is 12.5 Å². The molecule has 22 heavy (non-hydrogen) atoms. The first-order valence-corrected chi connectivity index (χ1v) is 6.81. The van der Waals surface area contributed by atoms with Crippen LogP contribution in [0, 0.1) is 0 Å². The summed E-state index contributed by atoms with van der Waals surface area (Å²) in [5.41, 5.74) is 18.7. The monoisotopic (exact) mass is 297 g/mol. The topological polar surface area (TPSA) is 112 Å². The molecule has 0 amide bonds. The van der Waals surface area contributed by atoms with Crippen molar-refractivity contribution < 1.29 is 4.74 Å². The molecule has 0 aliphatic rings. The molecule has 0 heterocycles. The lowest BCUT2D eigenvalue weighted by Crippen LogP contribution is -2.23. The normalized spacial score (nSPS) is 11.0.